The van der Waals surface area contributed by atoms with Gasteiger partial charge in [-0.05, 0) is 41.3 Å². The Morgan fingerprint density at radius 1 is 1.00 bits per heavy atom. The van der Waals surface area contributed by atoms with Crippen molar-refractivity contribution in [3.05, 3.63) is 64.7 Å². The summed E-state index contributed by atoms with van der Waals surface area (Å²) in [5, 5.41) is 3.57. The molecule has 2 aromatic rings. The second-order valence-electron chi connectivity index (χ2n) is 8.68. The van der Waals surface area contributed by atoms with E-state index in [0.717, 1.165) is 23.8 Å². The molecule has 2 aromatic carbocycles. The molecule has 6 heteroatoms. The average molecular weight is 428 g/mol. The van der Waals surface area contributed by atoms with E-state index in [-0.39, 0.29) is 17.2 Å². The molecule has 1 fully saturated rings. The van der Waals surface area contributed by atoms with E-state index in [4.69, 9.17) is 11.6 Å². The molecule has 0 saturated carbocycles. The number of hydrogen-bond donors (Lipinski definition) is 1. The largest absolute Gasteiger partial charge is 0.368 e. The van der Waals surface area contributed by atoms with E-state index in [9.17, 15) is 9.59 Å². The van der Waals surface area contributed by atoms with Crippen LogP contribution < -0.4 is 10.2 Å². The van der Waals surface area contributed by atoms with Gasteiger partial charge in [0, 0.05) is 55.4 Å². The lowest BCUT2D eigenvalue weighted by molar-refractivity contribution is -0.131. The molecule has 0 atom stereocenters. The summed E-state index contributed by atoms with van der Waals surface area (Å²) in [4.78, 5) is 28.9. The highest BCUT2D eigenvalue weighted by Gasteiger charge is 2.21. The first kappa shape index (κ1) is 22.2. The molecule has 0 bridgehead atoms. The third-order valence-electron chi connectivity index (χ3n) is 5.44. The van der Waals surface area contributed by atoms with Crippen LogP contribution in [0.3, 0.4) is 0 Å². The SMILES string of the molecule is CC(C)(C)c1ccc(C(=O)NCCC(=O)N2CCN(c3cccc(Cl)c3)CC2)cc1. The Bertz CT molecular complexity index is 882. The van der Waals surface area contributed by atoms with Gasteiger partial charge in [-0.2, -0.15) is 0 Å². The number of hydrogen-bond acceptors (Lipinski definition) is 3. The maximum Gasteiger partial charge on any atom is 0.251 e. The van der Waals surface area contributed by atoms with Crippen LogP contribution in [-0.2, 0) is 10.2 Å². The Balaban J connectivity index is 1.42. The minimum absolute atomic E-state index is 0.0538. The van der Waals surface area contributed by atoms with E-state index in [2.05, 4.69) is 31.0 Å². The number of halogens is 1. The highest BCUT2D eigenvalue weighted by Crippen LogP contribution is 2.22. The molecule has 1 aliphatic rings. The first-order valence-corrected chi connectivity index (χ1v) is 10.8. The number of anilines is 1. The summed E-state index contributed by atoms with van der Waals surface area (Å²) in [5.41, 5.74) is 2.94. The van der Waals surface area contributed by atoms with Crippen LogP contribution in [0.15, 0.2) is 48.5 Å². The number of nitrogens with zero attached hydrogens (tertiary/aromatic N) is 2. The van der Waals surface area contributed by atoms with Crippen LogP contribution in [0, 0.1) is 0 Å². The fourth-order valence-corrected chi connectivity index (χ4v) is 3.74. The lowest BCUT2D eigenvalue weighted by Crippen LogP contribution is -2.49. The molecule has 3 rings (SSSR count). The van der Waals surface area contributed by atoms with Gasteiger partial charge in [0.25, 0.3) is 5.91 Å². The number of piperazine rings is 1. The highest BCUT2D eigenvalue weighted by molar-refractivity contribution is 6.30. The molecule has 160 valence electrons. The Hall–Kier alpha value is -2.53. The molecule has 1 saturated heterocycles. The molecule has 0 aromatic heterocycles. The van der Waals surface area contributed by atoms with Crippen molar-refractivity contribution in [3.63, 3.8) is 0 Å². The molecule has 1 heterocycles. The Morgan fingerprint density at radius 3 is 2.27 bits per heavy atom. The molecule has 0 aliphatic carbocycles. The smallest absolute Gasteiger partial charge is 0.251 e. The van der Waals surface area contributed by atoms with E-state index in [0.29, 0.717) is 31.6 Å². The van der Waals surface area contributed by atoms with Crippen LogP contribution in [0.5, 0.6) is 0 Å². The monoisotopic (exact) mass is 427 g/mol. The number of amides is 2. The third-order valence-corrected chi connectivity index (χ3v) is 5.68. The van der Waals surface area contributed by atoms with Gasteiger partial charge in [-0.25, -0.2) is 0 Å². The van der Waals surface area contributed by atoms with E-state index < -0.39 is 0 Å². The van der Waals surface area contributed by atoms with Gasteiger partial charge >= 0.3 is 0 Å². The quantitative estimate of drug-likeness (QED) is 0.781. The summed E-state index contributed by atoms with van der Waals surface area (Å²) < 4.78 is 0. The van der Waals surface area contributed by atoms with Crippen LogP contribution in [0.4, 0.5) is 5.69 Å². The summed E-state index contributed by atoms with van der Waals surface area (Å²) in [6.45, 7) is 9.67. The van der Waals surface area contributed by atoms with Crippen molar-refractivity contribution >= 4 is 29.1 Å². The molecule has 1 N–H and O–H groups in total. The second-order valence-corrected chi connectivity index (χ2v) is 9.12. The summed E-state index contributed by atoms with van der Waals surface area (Å²) >= 11 is 6.07. The van der Waals surface area contributed by atoms with Gasteiger partial charge in [0.15, 0.2) is 0 Å². The van der Waals surface area contributed by atoms with Crippen molar-refractivity contribution in [1.82, 2.24) is 10.2 Å². The maximum absolute atomic E-state index is 12.5. The predicted octanol–water partition coefficient (Wildman–Crippen LogP) is 4.11. The second kappa shape index (κ2) is 9.52. The van der Waals surface area contributed by atoms with Crippen molar-refractivity contribution in [2.75, 3.05) is 37.6 Å². The molecule has 0 unspecified atom stereocenters. The van der Waals surface area contributed by atoms with Crippen molar-refractivity contribution < 1.29 is 9.59 Å². The van der Waals surface area contributed by atoms with Crippen molar-refractivity contribution in [3.8, 4) is 0 Å². The van der Waals surface area contributed by atoms with Gasteiger partial charge in [0.05, 0.1) is 0 Å². The lowest BCUT2D eigenvalue weighted by atomic mass is 9.87. The van der Waals surface area contributed by atoms with Gasteiger partial charge in [0.1, 0.15) is 0 Å². The van der Waals surface area contributed by atoms with Crippen LogP contribution >= 0.6 is 11.6 Å². The highest BCUT2D eigenvalue weighted by atomic mass is 35.5. The van der Waals surface area contributed by atoms with E-state index in [1.807, 2.05) is 53.4 Å². The van der Waals surface area contributed by atoms with Gasteiger partial charge in [0.2, 0.25) is 5.91 Å². The van der Waals surface area contributed by atoms with E-state index >= 15 is 0 Å². The standard InChI is InChI=1S/C24H30ClN3O2/c1-24(2,3)19-9-7-18(8-10-19)23(30)26-12-11-22(29)28-15-13-27(14-16-28)21-6-4-5-20(25)17-21/h4-10,17H,11-16H2,1-3H3,(H,26,30). The van der Waals surface area contributed by atoms with Crippen LogP contribution in [0.2, 0.25) is 5.02 Å². The fraction of sp³-hybridized carbons (Fsp3) is 0.417. The minimum Gasteiger partial charge on any atom is -0.368 e. The summed E-state index contributed by atoms with van der Waals surface area (Å²) in [7, 11) is 0. The van der Waals surface area contributed by atoms with Crippen molar-refractivity contribution in [1.29, 1.82) is 0 Å². The summed E-state index contributed by atoms with van der Waals surface area (Å²) in [6.07, 6.45) is 0.309. The van der Waals surface area contributed by atoms with Crippen LogP contribution in [-0.4, -0.2) is 49.4 Å². The minimum atomic E-state index is -0.144. The number of rotatable bonds is 5. The van der Waals surface area contributed by atoms with Crippen LogP contribution in [0.1, 0.15) is 43.1 Å². The first-order valence-electron chi connectivity index (χ1n) is 10.4. The first-order chi connectivity index (χ1) is 14.2. The molecule has 2 amide bonds. The zero-order chi connectivity index (χ0) is 21.7. The van der Waals surface area contributed by atoms with Gasteiger partial charge in [-0.3, -0.25) is 9.59 Å². The normalized spacial score (nSPS) is 14.5. The van der Waals surface area contributed by atoms with E-state index in [1.54, 1.807) is 0 Å². The summed E-state index contributed by atoms with van der Waals surface area (Å²) in [6, 6.07) is 15.4. The van der Waals surface area contributed by atoms with Crippen LogP contribution in [0.25, 0.3) is 0 Å². The van der Waals surface area contributed by atoms with Gasteiger partial charge in [-0.15, -0.1) is 0 Å². The Morgan fingerprint density at radius 2 is 1.67 bits per heavy atom. The molecular formula is C24H30ClN3O2. The zero-order valence-corrected chi connectivity index (χ0v) is 18.7. The Kier molecular flexibility index (Phi) is 7.03. The Labute approximate surface area is 184 Å². The fourth-order valence-electron chi connectivity index (χ4n) is 3.55. The van der Waals surface area contributed by atoms with Crippen molar-refractivity contribution in [2.24, 2.45) is 0 Å². The maximum atomic E-state index is 12.5. The van der Waals surface area contributed by atoms with Gasteiger partial charge in [-0.1, -0.05) is 50.6 Å². The number of benzene rings is 2. The molecule has 1 aliphatic heterocycles. The predicted molar refractivity (Wildman–Crippen MR) is 122 cm³/mol. The number of nitrogens with one attached hydrogen (secondary N) is 1. The van der Waals surface area contributed by atoms with Crippen molar-refractivity contribution in [2.45, 2.75) is 32.6 Å². The molecule has 5 nitrogen and oxygen atoms in total. The topological polar surface area (TPSA) is 52.7 Å². The number of carbonyl (C=O) groups is 2. The zero-order valence-electron chi connectivity index (χ0n) is 18.0. The number of carbonyl (C=O) groups excluding carboxylic acids is 2. The lowest BCUT2D eigenvalue weighted by Gasteiger charge is -2.36. The molecule has 0 spiro atoms. The molecule has 0 radical (unpaired) electrons. The molecular weight excluding hydrogens is 398 g/mol. The van der Waals surface area contributed by atoms with E-state index in [1.165, 1.54) is 5.56 Å². The third kappa shape index (κ3) is 5.76. The van der Waals surface area contributed by atoms with Gasteiger partial charge < -0.3 is 15.1 Å². The summed E-state index contributed by atoms with van der Waals surface area (Å²) in [5.74, 6) is -0.0711. The molecule has 30 heavy (non-hydrogen) atoms. The average Bonchev–Trinajstić information content (AvgIpc) is 2.73.